The highest BCUT2D eigenvalue weighted by Gasteiger charge is 2.60. The first-order valence-corrected chi connectivity index (χ1v) is 6.43. The Bertz CT molecular complexity index is 398. The summed E-state index contributed by atoms with van der Waals surface area (Å²) in [6, 6.07) is 0. The predicted molar refractivity (Wildman–Crippen MR) is 62.0 cm³/mol. The third-order valence-electron chi connectivity index (χ3n) is 5.02. The Morgan fingerprint density at radius 1 is 1.29 bits per heavy atom. The maximum absolute atomic E-state index is 12.2. The lowest BCUT2D eigenvalue weighted by Crippen LogP contribution is -2.59. The lowest BCUT2D eigenvalue weighted by Gasteiger charge is -2.59. The average Bonchev–Trinajstić information content (AvgIpc) is 2.25. The molecule has 1 amide bonds. The fraction of sp³-hybridized carbons (Fsp3) is 0.846. The number of nitrogens with zero attached hydrogens (tertiary/aromatic N) is 1. The first kappa shape index (κ1) is 11.0. The van der Waals surface area contributed by atoms with E-state index in [1.807, 2.05) is 0 Å². The molecule has 0 aromatic carbocycles. The second-order valence-corrected chi connectivity index (χ2v) is 6.25. The number of isocyanates is 1. The molecule has 4 rings (SSSR count). The Hall–Kier alpha value is -1.15. The van der Waals surface area contributed by atoms with E-state index in [9.17, 15) is 9.59 Å². The molecule has 0 spiro atoms. The van der Waals surface area contributed by atoms with Gasteiger partial charge in [-0.3, -0.25) is 4.79 Å². The third-order valence-corrected chi connectivity index (χ3v) is 5.02. The maximum Gasteiger partial charge on any atom is 0.235 e. The van der Waals surface area contributed by atoms with Crippen LogP contribution in [0.4, 0.5) is 0 Å². The van der Waals surface area contributed by atoms with Crippen LogP contribution in [0.15, 0.2) is 4.99 Å². The van der Waals surface area contributed by atoms with E-state index in [0.717, 1.165) is 32.1 Å². The summed E-state index contributed by atoms with van der Waals surface area (Å²) in [6.45, 7) is 0. The minimum absolute atomic E-state index is 0.150. The number of amides is 1. The molecular weight excluding hydrogens is 216 g/mol. The average molecular weight is 234 g/mol. The summed E-state index contributed by atoms with van der Waals surface area (Å²) in [5.41, 5.74) is -0.516. The molecule has 4 saturated carbocycles. The minimum atomic E-state index is -0.266. The van der Waals surface area contributed by atoms with E-state index in [4.69, 9.17) is 0 Å². The Balaban J connectivity index is 1.99. The summed E-state index contributed by atoms with van der Waals surface area (Å²) in [5.74, 6) is 1.30. The number of rotatable bonds is 2. The highest BCUT2D eigenvalue weighted by Crippen LogP contribution is 2.62. The van der Waals surface area contributed by atoms with Crippen molar-refractivity contribution in [1.29, 1.82) is 0 Å². The monoisotopic (exact) mass is 234 g/mol. The maximum atomic E-state index is 12.2. The van der Waals surface area contributed by atoms with Gasteiger partial charge in [-0.05, 0) is 50.4 Å². The van der Waals surface area contributed by atoms with E-state index in [1.165, 1.54) is 6.42 Å². The second-order valence-electron chi connectivity index (χ2n) is 6.25. The van der Waals surface area contributed by atoms with Crippen LogP contribution < -0.4 is 5.32 Å². The summed E-state index contributed by atoms with van der Waals surface area (Å²) in [6.07, 6.45) is 7.65. The van der Waals surface area contributed by atoms with Crippen LogP contribution in [0.3, 0.4) is 0 Å². The van der Waals surface area contributed by atoms with E-state index in [-0.39, 0.29) is 16.9 Å². The van der Waals surface area contributed by atoms with E-state index in [1.54, 1.807) is 13.1 Å². The van der Waals surface area contributed by atoms with Crippen molar-refractivity contribution in [2.24, 2.45) is 22.2 Å². The van der Waals surface area contributed by atoms with Gasteiger partial charge in [0.2, 0.25) is 12.0 Å². The van der Waals surface area contributed by atoms with Crippen molar-refractivity contribution >= 4 is 12.0 Å². The van der Waals surface area contributed by atoms with Gasteiger partial charge in [-0.25, -0.2) is 4.79 Å². The summed E-state index contributed by atoms with van der Waals surface area (Å²) >= 11 is 0. The second kappa shape index (κ2) is 3.42. The van der Waals surface area contributed by atoms with Crippen LogP contribution in [-0.2, 0) is 9.59 Å². The summed E-state index contributed by atoms with van der Waals surface area (Å²) in [4.78, 5) is 26.9. The van der Waals surface area contributed by atoms with Crippen molar-refractivity contribution in [2.75, 3.05) is 7.05 Å². The van der Waals surface area contributed by atoms with Gasteiger partial charge in [0, 0.05) is 7.05 Å². The summed E-state index contributed by atoms with van der Waals surface area (Å²) in [7, 11) is 1.70. The molecule has 0 aromatic rings. The largest absolute Gasteiger partial charge is 0.359 e. The van der Waals surface area contributed by atoms with Gasteiger partial charge >= 0.3 is 0 Å². The van der Waals surface area contributed by atoms with E-state index in [0.29, 0.717) is 11.8 Å². The molecule has 0 saturated heterocycles. The van der Waals surface area contributed by atoms with Crippen molar-refractivity contribution in [2.45, 2.75) is 44.1 Å². The molecule has 2 atom stereocenters. The first-order valence-electron chi connectivity index (χ1n) is 6.43. The molecule has 0 aliphatic heterocycles. The zero-order valence-corrected chi connectivity index (χ0v) is 10.2. The number of carbonyl (C=O) groups excluding carboxylic acids is 2. The molecule has 92 valence electrons. The molecule has 4 nitrogen and oxygen atoms in total. The van der Waals surface area contributed by atoms with E-state index < -0.39 is 0 Å². The molecule has 0 heterocycles. The van der Waals surface area contributed by atoms with Gasteiger partial charge in [0.25, 0.3) is 0 Å². The van der Waals surface area contributed by atoms with Crippen LogP contribution >= 0.6 is 0 Å². The van der Waals surface area contributed by atoms with Crippen molar-refractivity contribution in [1.82, 2.24) is 5.32 Å². The molecule has 4 aliphatic carbocycles. The number of hydrogen-bond acceptors (Lipinski definition) is 3. The minimum Gasteiger partial charge on any atom is -0.359 e. The normalized spacial score (nSPS) is 46.4. The zero-order valence-electron chi connectivity index (χ0n) is 10.2. The van der Waals surface area contributed by atoms with Crippen molar-refractivity contribution in [3.8, 4) is 0 Å². The van der Waals surface area contributed by atoms with Gasteiger partial charge in [-0.15, -0.1) is 0 Å². The van der Waals surface area contributed by atoms with E-state index >= 15 is 0 Å². The Morgan fingerprint density at radius 2 is 1.94 bits per heavy atom. The van der Waals surface area contributed by atoms with Crippen LogP contribution in [0, 0.1) is 17.3 Å². The van der Waals surface area contributed by atoms with Gasteiger partial charge in [-0.1, -0.05) is 0 Å². The molecule has 4 aliphatic rings. The smallest absolute Gasteiger partial charge is 0.235 e. The van der Waals surface area contributed by atoms with Crippen LogP contribution in [0.25, 0.3) is 0 Å². The fourth-order valence-electron chi connectivity index (χ4n) is 4.97. The summed E-state index contributed by atoms with van der Waals surface area (Å²) in [5, 5.41) is 2.80. The van der Waals surface area contributed by atoms with Crippen LogP contribution in [0.2, 0.25) is 0 Å². The Kier molecular flexibility index (Phi) is 2.21. The van der Waals surface area contributed by atoms with Crippen molar-refractivity contribution in [3.05, 3.63) is 0 Å². The van der Waals surface area contributed by atoms with Crippen molar-refractivity contribution < 1.29 is 9.59 Å². The van der Waals surface area contributed by atoms with Gasteiger partial charge < -0.3 is 5.32 Å². The molecule has 4 heteroatoms. The highest BCUT2D eigenvalue weighted by atomic mass is 16.2. The SMILES string of the molecule is CNC(=O)C12CC3CC(CC(N=C=O)(C3)C1)C2. The molecule has 0 radical (unpaired) electrons. The van der Waals surface area contributed by atoms with Crippen LogP contribution in [0.5, 0.6) is 0 Å². The molecular formula is C13H18N2O2. The molecule has 4 bridgehead atoms. The number of aliphatic imine (C=N–C) groups is 1. The van der Waals surface area contributed by atoms with Gasteiger partial charge in [0.05, 0.1) is 11.0 Å². The topological polar surface area (TPSA) is 58.5 Å². The lowest BCUT2D eigenvalue weighted by molar-refractivity contribution is -0.147. The number of carbonyl (C=O) groups is 1. The predicted octanol–water partition coefficient (Wildman–Crippen LogP) is 1.41. The Labute approximate surface area is 101 Å². The number of nitrogens with one attached hydrogen (secondary N) is 1. The van der Waals surface area contributed by atoms with Crippen LogP contribution in [0.1, 0.15) is 38.5 Å². The lowest BCUT2D eigenvalue weighted by atomic mass is 9.46. The van der Waals surface area contributed by atoms with Gasteiger partial charge in [-0.2, -0.15) is 4.99 Å². The number of hydrogen-bond donors (Lipinski definition) is 1. The molecule has 4 fully saturated rings. The summed E-state index contributed by atoms with van der Waals surface area (Å²) < 4.78 is 0. The fourth-order valence-corrected chi connectivity index (χ4v) is 4.97. The molecule has 2 unspecified atom stereocenters. The molecule has 17 heavy (non-hydrogen) atoms. The quantitative estimate of drug-likeness (QED) is 0.580. The standard InChI is InChI=1S/C13H18N2O2/c1-14-11(17)12-3-9-2-10(4-12)6-13(5-9,7-12)15-8-16/h9-10H,2-7H2,1H3,(H,14,17). The third kappa shape index (κ3) is 1.47. The first-order chi connectivity index (χ1) is 8.11. The van der Waals surface area contributed by atoms with Crippen LogP contribution in [-0.4, -0.2) is 24.6 Å². The van der Waals surface area contributed by atoms with Gasteiger partial charge in [0.1, 0.15) is 0 Å². The zero-order chi connectivity index (χ0) is 12.1. The van der Waals surface area contributed by atoms with Gasteiger partial charge in [0.15, 0.2) is 0 Å². The van der Waals surface area contributed by atoms with Crippen molar-refractivity contribution in [3.63, 3.8) is 0 Å². The highest BCUT2D eigenvalue weighted by molar-refractivity contribution is 5.83. The van der Waals surface area contributed by atoms with E-state index in [2.05, 4.69) is 10.3 Å². The Morgan fingerprint density at radius 3 is 2.47 bits per heavy atom. The molecule has 0 aromatic heterocycles. The molecule has 1 N–H and O–H groups in total.